The van der Waals surface area contributed by atoms with Crippen molar-refractivity contribution in [2.45, 2.75) is 57.7 Å². The zero-order valence-electron chi connectivity index (χ0n) is 12.6. The third kappa shape index (κ3) is 2.20. The number of fused-ring (bicyclic) bond motifs is 1. The Kier molecular flexibility index (Phi) is 3.42. The van der Waals surface area contributed by atoms with E-state index in [-0.39, 0.29) is 11.9 Å². The van der Waals surface area contributed by atoms with Crippen LogP contribution in [0, 0.1) is 0 Å². The number of benzene rings is 1. The number of rotatable bonds is 3. The molecule has 1 fully saturated rings. The van der Waals surface area contributed by atoms with Gasteiger partial charge in [-0.25, -0.2) is 4.79 Å². The predicted molar refractivity (Wildman–Crippen MR) is 79.7 cm³/mol. The Hall–Kier alpha value is -1.93. The van der Waals surface area contributed by atoms with E-state index in [1.807, 2.05) is 36.9 Å². The molecule has 1 aromatic rings. The smallest absolute Gasteiger partial charge is 0.254 e. The predicted octanol–water partition coefficient (Wildman–Crippen LogP) is 3.16. The Labute approximate surface area is 124 Å². The maximum atomic E-state index is 12.5. The Morgan fingerprint density at radius 1 is 1.29 bits per heavy atom. The van der Waals surface area contributed by atoms with Crippen LogP contribution in [-0.4, -0.2) is 22.9 Å². The van der Waals surface area contributed by atoms with Crippen LogP contribution in [0.1, 0.15) is 61.0 Å². The summed E-state index contributed by atoms with van der Waals surface area (Å²) in [6.07, 6.45) is 5.59. The number of nitrogens with zero attached hydrogens (tertiary/aromatic N) is 2. The summed E-state index contributed by atoms with van der Waals surface area (Å²) in [5.74, 6) is 0.0880. The SMILES string of the molecule is CC(C)N1Cc2ccc(C3(N=C=O)CCCC3)cc2C1=O. The fourth-order valence-corrected chi connectivity index (χ4v) is 3.54. The van der Waals surface area contributed by atoms with Gasteiger partial charge in [0.25, 0.3) is 5.91 Å². The van der Waals surface area contributed by atoms with Gasteiger partial charge in [0.15, 0.2) is 0 Å². The topological polar surface area (TPSA) is 49.7 Å². The summed E-state index contributed by atoms with van der Waals surface area (Å²) < 4.78 is 0. The highest BCUT2D eigenvalue weighted by molar-refractivity contribution is 5.98. The second-order valence-electron chi connectivity index (χ2n) is 6.34. The van der Waals surface area contributed by atoms with Crippen LogP contribution < -0.4 is 0 Å². The molecule has 0 aromatic heterocycles. The van der Waals surface area contributed by atoms with Gasteiger partial charge in [-0.1, -0.05) is 25.0 Å². The van der Waals surface area contributed by atoms with E-state index in [4.69, 9.17) is 0 Å². The lowest BCUT2D eigenvalue weighted by atomic mass is 9.87. The first-order chi connectivity index (χ1) is 10.1. The summed E-state index contributed by atoms with van der Waals surface area (Å²) in [5.41, 5.74) is 2.37. The normalized spacial score (nSPS) is 19.8. The van der Waals surface area contributed by atoms with Crippen molar-refractivity contribution in [1.29, 1.82) is 0 Å². The van der Waals surface area contributed by atoms with E-state index < -0.39 is 5.54 Å². The van der Waals surface area contributed by atoms with Crippen molar-refractivity contribution < 1.29 is 9.59 Å². The third-order valence-corrected chi connectivity index (χ3v) is 4.79. The van der Waals surface area contributed by atoms with E-state index in [0.29, 0.717) is 6.54 Å². The van der Waals surface area contributed by atoms with E-state index in [1.54, 1.807) is 6.08 Å². The minimum Gasteiger partial charge on any atom is -0.332 e. The zero-order chi connectivity index (χ0) is 15.0. The van der Waals surface area contributed by atoms with Gasteiger partial charge in [0.2, 0.25) is 6.08 Å². The Morgan fingerprint density at radius 3 is 2.62 bits per heavy atom. The molecule has 0 unspecified atom stereocenters. The molecule has 21 heavy (non-hydrogen) atoms. The molecule has 4 nitrogen and oxygen atoms in total. The van der Waals surface area contributed by atoms with Crippen molar-refractivity contribution in [3.05, 3.63) is 34.9 Å². The lowest BCUT2D eigenvalue weighted by Crippen LogP contribution is -2.30. The number of carbonyl (C=O) groups is 1. The molecule has 3 rings (SSSR count). The van der Waals surface area contributed by atoms with Crippen LogP contribution in [0.4, 0.5) is 0 Å². The first-order valence-electron chi connectivity index (χ1n) is 7.61. The quantitative estimate of drug-likeness (QED) is 0.632. The molecule has 4 heteroatoms. The Bertz CT molecular complexity index is 624. The zero-order valence-corrected chi connectivity index (χ0v) is 12.6. The van der Waals surface area contributed by atoms with Gasteiger partial charge in [-0.2, -0.15) is 4.99 Å². The summed E-state index contributed by atoms with van der Waals surface area (Å²) in [6.45, 7) is 4.73. The average molecular weight is 284 g/mol. The number of hydrogen-bond acceptors (Lipinski definition) is 3. The average Bonchev–Trinajstić information content (AvgIpc) is 3.05. The molecule has 1 saturated carbocycles. The largest absolute Gasteiger partial charge is 0.332 e. The van der Waals surface area contributed by atoms with Crippen LogP contribution in [0.3, 0.4) is 0 Å². The molecular weight excluding hydrogens is 264 g/mol. The van der Waals surface area contributed by atoms with Gasteiger partial charge in [-0.15, -0.1) is 0 Å². The minimum absolute atomic E-state index is 0.0880. The molecule has 1 amide bonds. The highest BCUT2D eigenvalue weighted by Crippen LogP contribution is 2.43. The van der Waals surface area contributed by atoms with Gasteiger partial charge in [0, 0.05) is 18.2 Å². The minimum atomic E-state index is -0.456. The maximum Gasteiger partial charge on any atom is 0.254 e. The van der Waals surface area contributed by atoms with E-state index in [9.17, 15) is 9.59 Å². The van der Waals surface area contributed by atoms with Crippen LogP contribution in [0.15, 0.2) is 23.2 Å². The fraction of sp³-hybridized carbons (Fsp3) is 0.529. The van der Waals surface area contributed by atoms with Gasteiger partial charge in [-0.05, 0) is 43.9 Å². The molecule has 110 valence electrons. The number of carbonyl (C=O) groups excluding carboxylic acids is 2. The van der Waals surface area contributed by atoms with Gasteiger partial charge in [-0.3, -0.25) is 4.79 Å². The standard InChI is InChI=1S/C17H20N2O2/c1-12(2)19-10-13-5-6-14(9-15(13)16(19)21)17(18-11-20)7-3-4-8-17/h5-6,9,12H,3-4,7-8,10H2,1-2H3. The maximum absolute atomic E-state index is 12.5. The van der Waals surface area contributed by atoms with Crippen molar-refractivity contribution in [3.8, 4) is 0 Å². The summed E-state index contributed by atoms with van der Waals surface area (Å²) in [5, 5.41) is 0. The second kappa shape index (κ2) is 5.12. The molecular formula is C17H20N2O2. The highest BCUT2D eigenvalue weighted by Gasteiger charge is 2.38. The number of aliphatic imine (C=N–C) groups is 1. The molecule has 0 N–H and O–H groups in total. The molecule has 0 bridgehead atoms. The van der Waals surface area contributed by atoms with E-state index in [0.717, 1.165) is 42.4 Å². The Morgan fingerprint density at radius 2 is 2.00 bits per heavy atom. The van der Waals surface area contributed by atoms with E-state index in [2.05, 4.69) is 4.99 Å². The van der Waals surface area contributed by atoms with Crippen molar-refractivity contribution >= 4 is 12.0 Å². The van der Waals surface area contributed by atoms with E-state index >= 15 is 0 Å². The highest BCUT2D eigenvalue weighted by atomic mass is 16.2. The molecule has 0 radical (unpaired) electrons. The molecule has 1 aromatic carbocycles. The first-order valence-corrected chi connectivity index (χ1v) is 7.61. The lowest BCUT2D eigenvalue weighted by Gasteiger charge is -2.23. The molecule has 0 spiro atoms. The van der Waals surface area contributed by atoms with Crippen LogP contribution in [0.5, 0.6) is 0 Å². The summed E-state index contributed by atoms with van der Waals surface area (Å²) in [7, 11) is 0. The molecule has 2 aliphatic rings. The number of isocyanates is 1. The monoisotopic (exact) mass is 284 g/mol. The number of hydrogen-bond donors (Lipinski definition) is 0. The molecule has 0 atom stereocenters. The third-order valence-electron chi connectivity index (χ3n) is 4.79. The van der Waals surface area contributed by atoms with Crippen molar-refractivity contribution in [1.82, 2.24) is 4.90 Å². The van der Waals surface area contributed by atoms with Crippen molar-refractivity contribution in [3.63, 3.8) is 0 Å². The van der Waals surface area contributed by atoms with Gasteiger partial charge < -0.3 is 4.90 Å². The molecule has 1 aliphatic heterocycles. The summed E-state index contributed by atoms with van der Waals surface area (Å²) in [4.78, 5) is 29.3. The second-order valence-corrected chi connectivity index (χ2v) is 6.34. The van der Waals surface area contributed by atoms with Crippen LogP contribution >= 0.6 is 0 Å². The van der Waals surface area contributed by atoms with Gasteiger partial charge >= 0.3 is 0 Å². The molecule has 1 heterocycles. The number of amides is 1. The lowest BCUT2D eigenvalue weighted by molar-refractivity contribution is 0.0730. The molecule has 0 saturated heterocycles. The van der Waals surface area contributed by atoms with Gasteiger partial charge in [0.05, 0.1) is 5.54 Å². The fourth-order valence-electron chi connectivity index (χ4n) is 3.54. The summed E-state index contributed by atoms with van der Waals surface area (Å²) >= 11 is 0. The van der Waals surface area contributed by atoms with Crippen LogP contribution in [0.25, 0.3) is 0 Å². The van der Waals surface area contributed by atoms with Crippen molar-refractivity contribution in [2.24, 2.45) is 4.99 Å². The van der Waals surface area contributed by atoms with E-state index in [1.165, 1.54) is 0 Å². The Balaban J connectivity index is 2.02. The van der Waals surface area contributed by atoms with Gasteiger partial charge in [0.1, 0.15) is 0 Å². The molecule has 1 aliphatic carbocycles. The van der Waals surface area contributed by atoms with Crippen LogP contribution in [-0.2, 0) is 16.9 Å². The first kappa shape index (κ1) is 14.0. The van der Waals surface area contributed by atoms with Crippen molar-refractivity contribution in [2.75, 3.05) is 0 Å². The van der Waals surface area contributed by atoms with Crippen LogP contribution in [0.2, 0.25) is 0 Å². The summed E-state index contributed by atoms with van der Waals surface area (Å²) in [6, 6.07) is 6.20.